The van der Waals surface area contributed by atoms with E-state index in [1.54, 1.807) is 30.5 Å². The monoisotopic (exact) mass is 500 g/mol. The predicted octanol–water partition coefficient (Wildman–Crippen LogP) is 2.10. The first-order valence-electron chi connectivity index (χ1n) is 12.3. The lowest BCUT2D eigenvalue weighted by molar-refractivity contribution is -0.126. The molecule has 2 saturated heterocycles. The first-order valence-corrected chi connectivity index (χ1v) is 12.3. The van der Waals surface area contributed by atoms with Gasteiger partial charge in [-0.25, -0.2) is 0 Å². The number of nitrogens with zero attached hydrogens (tertiary/aromatic N) is 3. The minimum absolute atomic E-state index is 0.0894. The standard InChI is InChI=1S/C27H28N6O4/c1-37-24-6-2-5-21-20(24)12-22(32-21)27(36)33-15-18(17-4-3-8-29-14-17)11-23(33)26(35)31-19(13-28)10-16-7-9-30-25(16)34/h2-6,8,12,14,16,18-19,23,32H,7,9-11,15H2,1H3,(H,30,34)(H,31,35)/t16-,18+,19-,23-/m0/s1. The Balaban J connectivity index is 1.40. The summed E-state index contributed by atoms with van der Waals surface area (Å²) in [6.45, 7) is 0.903. The van der Waals surface area contributed by atoms with Gasteiger partial charge in [0.2, 0.25) is 11.8 Å². The van der Waals surface area contributed by atoms with Crippen LogP contribution in [0, 0.1) is 17.2 Å². The Hall–Kier alpha value is -4.39. The number of likely N-dealkylation sites (tertiary alicyclic amines) is 1. The summed E-state index contributed by atoms with van der Waals surface area (Å²) in [6.07, 6.45) is 4.70. The summed E-state index contributed by atoms with van der Waals surface area (Å²) in [4.78, 5) is 48.1. The molecule has 2 aliphatic rings. The third-order valence-electron chi connectivity index (χ3n) is 7.25. The predicted molar refractivity (Wildman–Crippen MR) is 135 cm³/mol. The molecule has 0 saturated carbocycles. The molecular formula is C27H28N6O4. The smallest absolute Gasteiger partial charge is 0.271 e. The summed E-state index contributed by atoms with van der Waals surface area (Å²) < 4.78 is 5.42. The van der Waals surface area contributed by atoms with Gasteiger partial charge in [-0.3, -0.25) is 19.4 Å². The van der Waals surface area contributed by atoms with Crippen LogP contribution in [0.1, 0.15) is 41.2 Å². The lowest BCUT2D eigenvalue weighted by Crippen LogP contribution is -2.49. The van der Waals surface area contributed by atoms with Crippen molar-refractivity contribution in [2.45, 2.75) is 37.3 Å². The fourth-order valence-electron chi connectivity index (χ4n) is 5.31. The van der Waals surface area contributed by atoms with Crippen molar-refractivity contribution in [1.29, 1.82) is 5.26 Å². The van der Waals surface area contributed by atoms with E-state index < -0.39 is 18.0 Å². The van der Waals surface area contributed by atoms with Crippen LogP contribution in [0.25, 0.3) is 10.9 Å². The molecule has 0 spiro atoms. The highest BCUT2D eigenvalue weighted by Gasteiger charge is 2.42. The van der Waals surface area contributed by atoms with Gasteiger partial charge in [0.15, 0.2) is 0 Å². The van der Waals surface area contributed by atoms with Crippen molar-refractivity contribution in [1.82, 2.24) is 25.5 Å². The maximum absolute atomic E-state index is 13.7. The van der Waals surface area contributed by atoms with Gasteiger partial charge in [0.1, 0.15) is 23.5 Å². The molecule has 5 rings (SSSR count). The first-order chi connectivity index (χ1) is 18.0. The molecule has 3 amide bonds. The van der Waals surface area contributed by atoms with Crippen molar-refractivity contribution < 1.29 is 19.1 Å². The second kappa shape index (κ2) is 10.3. The number of ether oxygens (including phenoxy) is 1. The van der Waals surface area contributed by atoms with Gasteiger partial charge in [-0.05, 0) is 49.1 Å². The number of fused-ring (bicyclic) bond motifs is 1. The topological polar surface area (TPSA) is 140 Å². The van der Waals surface area contributed by atoms with Crippen LogP contribution >= 0.6 is 0 Å². The van der Waals surface area contributed by atoms with E-state index in [1.807, 2.05) is 30.3 Å². The number of aromatic nitrogens is 2. The molecule has 10 nitrogen and oxygen atoms in total. The molecular weight excluding hydrogens is 472 g/mol. The Morgan fingerprint density at radius 2 is 2.19 bits per heavy atom. The van der Waals surface area contributed by atoms with Gasteiger partial charge in [-0.15, -0.1) is 0 Å². The van der Waals surface area contributed by atoms with Crippen molar-refractivity contribution >= 4 is 28.6 Å². The quantitative estimate of drug-likeness (QED) is 0.454. The molecule has 2 aliphatic heterocycles. The average molecular weight is 501 g/mol. The summed E-state index contributed by atoms with van der Waals surface area (Å²) >= 11 is 0. The maximum Gasteiger partial charge on any atom is 0.271 e. The summed E-state index contributed by atoms with van der Waals surface area (Å²) in [5, 5.41) is 16.0. The summed E-state index contributed by atoms with van der Waals surface area (Å²) in [5.74, 6) is -0.571. The van der Waals surface area contributed by atoms with E-state index >= 15 is 0 Å². The molecule has 1 aromatic carbocycles. The van der Waals surface area contributed by atoms with Crippen LogP contribution < -0.4 is 15.4 Å². The normalized spacial score (nSPS) is 21.9. The van der Waals surface area contributed by atoms with Gasteiger partial charge in [-0.2, -0.15) is 5.26 Å². The van der Waals surface area contributed by atoms with Crippen LogP contribution in [0.5, 0.6) is 5.75 Å². The van der Waals surface area contributed by atoms with Gasteiger partial charge in [0.25, 0.3) is 5.91 Å². The second-order valence-corrected chi connectivity index (χ2v) is 9.50. The van der Waals surface area contributed by atoms with Crippen LogP contribution in [0.15, 0.2) is 48.8 Å². The average Bonchev–Trinajstić information content (AvgIpc) is 3.66. The molecule has 0 radical (unpaired) electrons. The van der Waals surface area contributed by atoms with E-state index in [9.17, 15) is 19.6 Å². The SMILES string of the molecule is COc1cccc2[nH]c(C(=O)N3C[C@H](c4cccnc4)C[C@H]3C(=O)N[C@H](C#N)C[C@@H]3CCNC3=O)cc12. The second-order valence-electron chi connectivity index (χ2n) is 9.50. The number of amides is 3. The molecule has 4 heterocycles. The Labute approximate surface area is 214 Å². The fourth-order valence-corrected chi connectivity index (χ4v) is 5.31. The molecule has 0 unspecified atom stereocenters. The number of pyridine rings is 1. The van der Waals surface area contributed by atoms with Crippen molar-refractivity contribution in [3.63, 3.8) is 0 Å². The Kier molecular flexibility index (Phi) is 6.77. The third kappa shape index (κ3) is 4.85. The first kappa shape index (κ1) is 24.3. The van der Waals surface area contributed by atoms with Gasteiger partial charge >= 0.3 is 0 Å². The zero-order valence-electron chi connectivity index (χ0n) is 20.4. The molecule has 190 valence electrons. The van der Waals surface area contributed by atoms with E-state index in [4.69, 9.17) is 4.74 Å². The van der Waals surface area contributed by atoms with Crippen molar-refractivity contribution in [2.24, 2.45) is 5.92 Å². The van der Waals surface area contributed by atoms with Crippen molar-refractivity contribution in [3.8, 4) is 11.8 Å². The Morgan fingerprint density at radius 3 is 2.89 bits per heavy atom. The number of nitriles is 1. The van der Waals surface area contributed by atoms with Gasteiger partial charge in [-0.1, -0.05) is 12.1 Å². The number of carbonyl (C=O) groups is 3. The lowest BCUT2D eigenvalue weighted by Gasteiger charge is -2.25. The lowest BCUT2D eigenvalue weighted by atomic mass is 9.96. The Morgan fingerprint density at radius 1 is 1.32 bits per heavy atom. The van der Waals surface area contributed by atoms with Gasteiger partial charge in [0, 0.05) is 48.2 Å². The number of hydrogen-bond acceptors (Lipinski definition) is 6. The fraction of sp³-hybridized carbons (Fsp3) is 0.370. The van der Waals surface area contributed by atoms with E-state index in [0.29, 0.717) is 37.4 Å². The highest BCUT2D eigenvalue weighted by Crippen LogP contribution is 2.34. The molecule has 0 aliphatic carbocycles. The highest BCUT2D eigenvalue weighted by atomic mass is 16.5. The number of benzene rings is 1. The number of aromatic amines is 1. The van der Waals surface area contributed by atoms with Gasteiger partial charge < -0.3 is 25.3 Å². The van der Waals surface area contributed by atoms with E-state index in [1.165, 1.54) is 0 Å². The molecule has 3 aromatic rings. The molecule has 4 atom stereocenters. The van der Waals surface area contributed by atoms with E-state index in [0.717, 1.165) is 16.5 Å². The molecule has 3 N–H and O–H groups in total. The largest absolute Gasteiger partial charge is 0.496 e. The Bertz CT molecular complexity index is 1360. The zero-order chi connectivity index (χ0) is 25.9. The molecule has 2 fully saturated rings. The third-order valence-corrected chi connectivity index (χ3v) is 7.25. The maximum atomic E-state index is 13.7. The van der Waals surface area contributed by atoms with E-state index in [-0.39, 0.29) is 30.1 Å². The van der Waals surface area contributed by atoms with Crippen molar-refractivity contribution in [2.75, 3.05) is 20.2 Å². The van der Waals surface area contributed by atoms with Crippen molar-refractivity contribution in [3.05, 3.63) is 60.0 Å². The molecule has 10 heteroatoms. The highest BCUT2D eigenvalue weighted by molar-refractivity contribution is 6.02. The molecule has 2 aromatic heterocycles. The van der Waals surface area contributed by atoms with Crippen LogP contribution in [-0.4, -0.2) is 64.9 Å². The summed E-state index contributed by atoms with van der Waals surface area (Å²) in [5.41, 5.74) is 2.04. The number of nitrogens with one attached hydrogen (secondary N) is 3. The summed E-state index contributed by atoms with van der Waals surface area (Å²) in [6, 6.07) is 11.5. The summed E-state index contributed by atoms with van der Waals surface area (Å²) in [7, 11) is 1.57. The van der Waals surface area contributed by atoms with Crippen LogP contribution in [0.4, 0.5) is 0 Å². The molecule has 37 heavy (non-hydrogen) atoms. The number of hydrogen-bond donors (Lipinski definition) is 3. The number of methoxy groups -OCH3 is 1. The number of carbonyl (C=O) groups excluding carboxylic acids is 3. The number of rotatable bonds is 7. The minimum Gasteiger partial charge on any atom is -0.496 e. The van der Waals surface area contributed by atoms with Crippen LogP contribution in [0.3, 0.4) is 0 Å². The molecule has 0 bridgehead atoms. The zero-order valence-corrected chi connectivity index (χ0v) is 20.4. The minimum atomic E-state index is -0.826. The van der Waals surface area contributed by atoms with Crippen LogP contribution in [-0.2, 0) is 9.59 Å². The van der Waals surface area contributed by atoms with E-state index in [2.05, 4.69) is 26.7 Å². The number of H-pyrrole nitrogens is 1. The van der Waals surface area contributed by atoms with Crippen LogP contribution in [0.2, 0.25) is 0 Å². The van der Waals surface area contributed by atoms with Gasteiger partial charge in [0.05, 0.1) is 13.2 Å².